The molecule has 126 valence electrons. The van der Waals surface area contributed by atoms with Gasteiger partial charge in [0.25, 0.3) is 5.91 Å². The number of amides is 1. The Kier molecular flexibility index (Phi) is 5.78. The second kappa shape index (κ2) is 7.62. The van der Waals surface area contributed by atoms with Gasteiger partial charge in [-0.05, 0) is 72.4 Å². The first-order valence-electron chi connectivity index (χ1n) is 7.59. The Morgan fingerprint density at radius 1 is 1.00 bits per heavy atom. The Morgan fingerprint density at radius 3 is 2.21 bits per heavy atom. The molecule has 5 heteroatoms. The molecule has 0 aromatic heterocycles. The highest BCUT2D eigenvalue weighted by molar-refractivity contribution is 9.10. The molecule has 2 aromatic rings. The molecule has 0 radical (unpaired) electrons. The van der Waals surface area contributed by atoms with Crippen molar-refractivity contribution in [1.82, 2.24) is 0 Å². The van der Waals surface area contributed by atoms with Crippen molar-refractivity contribution in [2.75, 3.05) is 11.9 Å². The van der Waals surface area contributed by atoms with Crippen molar-refractivity contribution in [3.8, 4) is 0 Å². The zero-order valence-corrected chi connectivity index (χ0v) is 15.8. The van der Waals surface area contributed by atoms with Crippen LogP contribution in [-0.4, -0.2) is 18.5 Å². The topological polar surface area (TPSA) is 55.4 Å². The van der Waals surface area contributed by atoms with Gasteiger partial charge in [-0.15, -0.1) is 0 Å². The average molecular weight is 390 g/mol. The minimum Gasteiger partial charge on any atom is -0.452 e. The van der Waals surface area contributed by atoms with Crippen LogP contribution in [0.3, 0.4) is 0 Å². The largest absolute Gasteiger partial charge is 0.452 e. The summed E-state index contributed by atoms with van der Waals surface area (Å²) in [5.74, 6) is -0.863. The lowest BCUT2D eigenvalue weighted by Gasteiger charge is -2.12. The maximum atomic E-state index is 12.3. The number of nitrogens with one attached hydrogen (secondary N) is 1. The van der Waals surface area contributed by atoms with E-state index in [1.165, 1.54) is 0 Å². The van der Waals surface area contributed by atoms with Crippen LogP contribution in [-0.2, 0) is 9.53 Å². The standard InChI is InChI=1S/C19H20BrNO3/c1-11-5-6-16(15(20)9-11)21-17(22)10-24-19(23)18-13(3)7-12(2)8-14(18)4/h5-9H,10H2,1-4H3,(H,21,22). The SMILES string of the molecule is Cc1cc(C)c(C(=O)OCC(=O)Nc2ccc(C)cc2Br)c(C)c1. The lowest BCUT2D eigenvalue weighted by molar-refractivity contribution is -0.119. The van der Waals surface area contributed by atoms with Crippen LogP contribution in [0.25, 0.3) is 0 Å². The molecule has 0 saturated heterocycles. The van der Waals surface area contributed by atoms with Gasteiger partial charge >= 0.3 is 5.97 Å². The van der Waals surface area contributed by atoms with Crippen molar-refractivity contribution in [1.29, 1.82) is 0 Å². The lowest BCUT2D eigenvalue weighted by atomic mass is 10.00. The fourth-order valence-electron chi connectivity index (χ4n) is 2.61. The first-order chi connectivity index (χ1) is 11.3. The minimum atomic E-state index is -0.483. The molecule has 0 saturated carbocycles. The third-order valence-electron chi connectivity index (χ3n) is 3.61. The van der Waals surface area contributed by atoms with Crippen LogP contribution in [0.1, 0.15) is 32.6 Å². The van der Waals surface area contributed by atoms with E-state index in [0.717, 1.165) is 26.7 Å². The number of benzene rings is 2. The van der Waals surface area contributed by atoms with E-state index in [4.69, 9.17) is 4.74 Å². The van der Waals surface area contributed by atoms with Crippen molar-refractivity contribution in [3.05, 3.63) is 62.6 Å². The van der Waals surface area contributed by atoms with Crippen LogP contribution in [0.15, 0.2) is 34.8 Å². The number of hydrogen-bond acceptors (Lipinski definition) is 3. The van der Waals surface area contributed by atoms with E-state index in [2.05, 4.69) is 21.2 Å². The Morgan fingerprint density at radius 2 is 1.62 bits per heavy atom. The summed E-state index contributed by atoms with van der Waals surface area (Å²) in [4.78, 5) is 24.3. The second-order valence-corrected chi connectivity index (χ2v) is 6.74. The van der Waals surface area contributed by atoms with E-state index in [1.807, 2.05) is 52.0 Å². The molecular weight excluding hydrogens is 370 g/mol. The zero-order valence-electron chi connectivity index (χ0n) is 14.2. The Bertz CT molecular complexity index is 776. The molecule has 0 atom stereocenters. The van der Waals surface area contributed by atoms with Gasteiger partial charge < -0.3 is 10.1 Å². The maximum Gasteiger partial charge on any atom is 0.339 e. The molecule has 1 N–H and O–H groups in total. The highest BCUT2D eigenvalue weighted by Gasteiger charge is 2.16. The molecule has 0 aliphatic carbocycles. The average Bonchev–Trinajstić information content (AvgIpc) is 2.47. The van der Waals surface area contributed by atoms with Gasteiger partial charge in [-0.3, -0.25) is 4.79 Å². The quantitative estimate of drug-likeness (QED) is 0.784. The molecule has 0 aliphatic heterocycles. The monoisotopic (exact) mass is 389 g/mol. The van der Waals surface area contributed by atoms with Crippen molar-refractivity contribution in [2.24, 2.45) is 0 Å². The fraction of sp³-hybridized carbons (Fsp3) is 0.263. The molecule has 0 spiro atoms. The van der Waals surface area contributed by atoms with Crippen molar-refractivity contribution in [2.45, 2.75) is 27.7 Å². The summed E-state index contributed by atoms with van der Waals surface area (Å²) in [6, 6.07) is 9.44. The van der Waals surface area contributed by atoms with Gasteiger partial charge in [-0.2, -0.15) is 0 Å². The molecule has 2 rings (SSSR count). The van der Waals surface area contributed by atoms with Gasteiger partial charge in [-0.25, -0.2) is 4.79 Å². The van der Waals surface area contributed by atoms with E-state index in [9.17, 15) is 9.59 Å². The molecule has 0 unspecified atom stereocenters. The number of halogens is 1. The molecule has 4 nitrogen and oxygen atoms in total. The van der Waals surface area contributed by atoms with Crippen molar-refractivity contribution in [3.63, 3.8) is 0 Å². The summed E-state index contributed by atoms with van der Waals surface area (Å²) >= 11 is 3.40. The number of anilines is 1. The maximum absolute atomic E-state index is 12.3. The van der Waals surface area contributed by atoms with E-state index in [1.54, 1.807) is 6.07 Å². The van der Waals surface area contributed by atoms with Gasteiger partial charge in [-0.1, -0.05) is 23.8 Å². The third-order valence-corrected chi connectivity index (χ3v) is 4.27. The molecular formula is C19H20BrNO3. The second-order valence-electron chi connectivity index (χ2n) is 5.88. The fourth-order valence-corrected chi connectivity index (χ4v) is 3.21. The Hall–Kier alpha value is -2.14. The number of hydrogen-bond donors (Lipinski definition) is 1. The lowest BCUT2D eigenvalue weighted by Crippen LogP contribution is -2.22. The highest BCUT2D eigenvalue weighted by atomic mass is 79.9. The first kappa shape index (κ1) is 18.2. The summed E-state index contributed by atoms with van der Waals surface area (Å²) in [6.45, 7) is 7.33. The van der Waals surface area contributed by atoms with Crippen LogP contribution in [0.5, 0.6) is 0 Å². The molecule has 0 aliphatic rings. The molecule has 24 heavy (non-hydrogen) atoms. The van der Waals surface area contributed by atoms with Crippen LogP contribution >= 0.6 is 15.9 Å². The van der Waals surface area contributed by atoms with Crippen LogP contribution < -0.4 is 5.32 Å². The molecule has 1 amide bonds. The number of carbonyl (C=O) groups excluding carboxylic acids is 2. The Labute approximate surface area is 150 Å². The minimum absolute atomic E-state index is 0.327. The number of esters is 1. The molecule has 0 bridgehead atoms. The zero-order chi connectivity index (χ0) is 17.9. The van der Waals surface area contributed by atoms with Crippen LogP contribution in [0.2, 0.25) is 0 Å². The van der Waals surface area contributed by atoms with Crippen LogP contribution in [0, 0.1) is 27.7 Å². The third kappa shape index (κ3) is 4.45. The molecule has 2 aromatic carbocycles. The summed E-state index contributed by atoms with van der Waals surface area (Å²) < 4.78 is 5.95. The normalized spacial score (nSPS) is 10.4. The van der Waals surface area contributed by atoms with E-state index < -0.39 is 5.97 Å². The number of carbonyl (C=O) groups is 2. The first-order valence-corrected chi connectivity index (χ1v) is 8.38. The molecule has 0 heterocycles. The van der Waals surface area contributed by atoms with Gasteiger partial charge in [0.2, 0.25) is 0 Å². The van der Waals surface area contributed by atoms with Crippen LogP contribution in [0.4, 0.5) is 5.69 Å². The van der Waals surface area contributed by atoms with Crippen molar-refractivity contribution >= 4 is 33.5 Å². The van der Waals surface area contributed by atoms with E-state index in [0.29, 0.717) is 11.3 Å². The van der Waals surface area contributed by atoms with Gasteiger partial charge in [0.15, 0.2) is 6.61 Å². The number of ether oxygens (including phenoxy) is 1. The Balaban J connectivity index is 2.00. The summed E-state index contributed by atoms with van der Waals surface area (Å²) in [5.41, 5.74) is 5.02. The number of aryl methyl sites for hydroxylation is 4. The predicted molar refractivity (Wildman–Crippen MR) is 98.4 cm³/mol. The summed E-state index contributed by atoms with van der Waals surface area (Å²) in [5, 5.41) is 2.72. The predicted octanol–water partition coefficient (Wildman–Crippen LogP) is 4.48. The van der Waals surface area contributed by atoms with Gasteiger partial charge in [0, 0.05) is 4.47 Å². The number of rotatable bonds is 4. The van der Waals surface area contributed by atoms with Crippen molar-refractivity contribution < 1.29 is 14.3 Å². The highest BCUT2D eigenvalue weighted by Crippen LogP contribution is 2.23. The van der Waals surface area contributed by atoms with Gasteiger partial charge in [0.05, 0.1) is 11.3 Å². The van der Waals surface area contributed by atoms with E-state index >= 15 is 0 Å². The van der Waals surface area contributed by atoms with Gasteiger partial charge in [0.1, 0.15) is 0 Å². The summed E-state index contributed by atoms with van der Waals surface area (Å²) in [7, 11) is 0. The summed E-state index contributed by atoms with van der Waals surface area (Å²) in [6.07, 6.45) is 0. The van der Waals surface area contributed by atoms with E-state index in [-0.39, 0.29) is 12.5 Å². The smallest absolute Gasteiger partial charge is 0.339 e. The molecule has 0 fully saturated rings.